The number of aromatic carboxylic acids is 1. The minimum Gasteiger partial charge on any atom is -0.542 e. The molecule has 1 rings (SSSR count). The monoisotopic (exact) mass is 144 g/mol. The molecule has 0 aliphatic carbocycles. The zero-order valence-corrected chi connectivity index (χ0v) is 5.74. The van der Waals surface area contributed by atoms with E-state index in [1.807, 2.05) is 0 Å². The topological polar surface area (TPSA) is 107 Å². The Bertz CT molecular complexity index is 231. The average molecular weight is 144 g/mol. The molecule has 0 amide bonds. The third-order valence-electron chi connectivity index (χ3n) is 0.894. The minimum atomic E-state index is -1.31. The van der Waals surface area contributed by atoms with E-state index in [2.05, 4.69) is 10.1 Å². The fraction of sp³-hybridized carbons (Fsp3) is 0.250. The summed E-state index contributed by atoms with van der Waals surface area (Å²) in [6.45, 7) is 0. The maximum Gasteiger partial charge on any atom is 0.173 e. The first kappa shape index (κ1) is 8.57. The third kappa shape index (κ3) is 1.29. The van der Waals surface area contributed by atoms with E-state index in [1.165, 1.54) is 7.05 Å². The number of aromatic nitrogens is 3. The van der Waals surface area contributed by atoms with E-state index in [9.17, 15) is 9.90 Å². The molecule has 0 aliphatic rings. The largest absolute Gasteiger partial charge is 0.542 e. The molecule has 0 saturated heterocycles. The molecule has 0 aliphatic heterocycles. The van der Waals surface area contributed by atoms with Gasteiger partial charge >= 0.3 is 0 Å². The van der Waals surface area contributed by atoms with Crippen LogP contribution in [0.1, 0.15) is 10.6 Å². The lowest BCUT2D eigenvalue weighted by Gasteiger charge is -1.97. The van der Waals surface area contributed by atoms with Crippen LogP contribution in [-0.2, 0) is 7.05 Å². The van der Waals surface area contributed by atoms with Crippen molar-refractivity contribution in [2.75, 3.05) is 0 Å². The molecule has 0 radical (unpaired) electrons. The van der Waals surface area contributed by atoms with Crippen molar-refractivity contribution in [1.29, 1.82) is 0 Å². The maximum absolute atomic E-state index is 10.0. The van der Waals surface area contributed by atoms with Gasteiger partial charge in [-0.05, 0) is 0 Å². The van der Waals surface area contributed by atoms with E-state index in [-0.39, 0.29) is 12.0 Å². The van der Waals surface area contributed by atoms with Crippen LogP contribution < -0.4 is 11.3 Å². The van der Waals surface area contributed by atoms with E-state index in [0.29, 0.717) is 0 Å². The van der Waals surface area contributed by atoms with Gasteiger partial charge in [-0.15, -0.1) is 0 Å². The summed E-state index contributed by atoms with van der Waals surface area (Å²) in [6.07, 6.45) is 1.16. The molecule has 0 atom stereocenters. The second kappa shape index (κ2) is 2.92. The summed E-state index contributed by atoms with van der Waals surface area (Å²) in [4.78, 5) is 13.5. The highest BCUT2D eigenvalue weighted by molar-refractivity contribution is 5.80. The SMILES string of the molecule is Cn1ncnc1C(=O)[O-].[NH4+]. The van der Waals surface area contributed by atoms with Gasteiger partial charge in [0, 0.05) is 7.05 Å². The Morgan fingerprint density at radius 3 is 2.60 bits per heavy atom. The van der Waals surface area contributed by atoms with Crippen molar-refractivity contribution in [3.05, 3.63) is 12.2 Å². The van der Waals surface area contributed by atoms with E-state index in [1.54, 1.807) is 0 Å². The van der Waals surface area contributed by atoms with Gasteiger partial charge in [0.15, 0.2) is 5.82 Å². The van der Waals surface area contributed by atoms with Crippen LogP contribution in [0.15, 0.2) is 6.33 Å². The number of hydrogen-bond acceptors (Lipinski definition) is 4. The fourth-order valence-electron chi connectivity index (χ4n) is 0.481. The maximum atomic E-state index is 10.0. The summed E-state index contributed by atoms with van der Waals surface area (Å²) in [5, 5.41) is 13.6. The smallest absolute Gasteiger partial charge is 0.173 e. The number of nitrogens with zero attached hydrogens (tertiary/aromatic N) is 3. The molecule has 1 aromatic rings. The molecule has 6 heteroatoms. The Labute approximate surface area is 57.1 Å². The number of hydrogen-bond donors (Lipinski definition) is 1. The van der Waals surface area contributed by atoms with E-state index < -0.39 is 5.97 Å². The van der Waals surface area contributed by atoms with Gasteiger partial charge in [0.2, 0.25) is 0 Å². The number of carbonyl (C=O) groups is 1. The second-order valence-corrected chi connectivity index (χ2v) is 1.49. The molecular weight excluding hydrogens is 136 g/mol. The summed E-state index contributed by atoms with van der Waals surface area (Å²) in [7, 11) is 1.48. The molecule has 4 N–H and O–H groups in total. The average Bonchev–Trinajstić information content (AvgIpc) is 2.13. The molecule has 0 bridgehead atoms. The van der Waals surface area contributed by atoms with Crippen molar-refractivity contribution in [1.82, 2.24) is 20.9 Å². The Morgan fingerprint density at radius 2 is 2.40 bits per heavy atom. The van der Waals surface area contributed by atoms with Gasteiger partial charge in [0.05, 0.1) is 0 Å². The molecule has 56 valence electrons. The first-order valence-electron chi connectivity index (χ1n) is 2.27. The van der Waals surface area contributed by atoms with Crippen LogP contribution in [0.5, 0.6) is 0 Å². The standard InChI is InChI=1S/C4H5N3O2.H3N/c1-7-3(4(8)9)5-2-6-7;/h2H,1H3,(H,8,9);1H3. The first-order chi connectivity index (χ1) is 4.22. The van der Waals surface area contributed by atoms with Gasteiger partial charge in [-0.2, -0.15) is 5.10 Å². The van der Waals surface area contributed by atoms with Gasteiger partial charge in [-0.25, -0.2) is 9.67 Å². The molecule has 1 heterocycles. The normalized spacial score (nSPS) is 8.50. The number of carbonyl (C=O) groups excluding carboxylic acids is 1. The van der Waals surface area contributed by atoms with Crippen LogP contribution in [0.4, 0.5) is 0 Å². The van der Waals surface area contributed by atoms with Gasteiger partial charge < -0.3 is 16.1 Å². The van der Waals surface area contributed by atoms with Crippen LogP contribution in [0.3, 0.4) is 0 Å². The Kier molecular flexibility index (Phi) is 2.51. The first-order valence-corrected chi connectivity index (χ1v) is 2.27. The van der Waals surface area contributed by atoms with Gasteiger partial charge in [-0.1, -0.05) is 0 Å². The predicted molar refractivity (Wildman–Crippen MR) is 31.3 cm³/mol. The molecule has 0 aromatic carbocycles. The molecule has 6 nitrogen and oxygen atoms in total. The van der Waals surface area contributed by atoms with Crippen molar-refractivity contribution in [3.8, 4) is 0 Å². The molecule has 10 heavy (non-hydrogen) atoms. The van der Waals surface area contributed by atoms with Gasteiger partial charge in [0.1, 0.15) is 12.3 Å². The van der Waals surface area contributed by atoms with Crippen LogP contribution in [0, 0.1) is 0 Å². The highest BCUT2D eigenvalue weighted by Crippen LogP contribution is 1.85. The van der Waals surface area contributed by atoms with E-state index in [4.69, 9.17) is 0 Å². The molecule has 0 fully saturated rings. The number of carboxylic acids is 1. The van der Waals surface area contributed by atoms with Crippen LogP contribution >= 0.6 is 0 Å². The van der Waals surface area contributed by atoms with Crippen molar-refractivity contribution in [2.45, 2.75) is 0 Å². The van der Waals surface area contributed by atoms with Crippen molar-refractivity contribution >= 4 is 5.97 Å². The molecule has 1 aromatic heterocycles. The Hall–Kier alpha value is -1.43. The third-order valence-corrected chi connectivity index (χ3v) is 0.894. The quantitative estimate of drug-likeness (QED) is 0.520. The fourth-order valence-corrected chi connectivity index (χ4v) is 0.481. The van der Waals surface area contributed by atoms with Crippen LogP contribution in [0.2, 0.25) is 0 Å². The summed E-state index contributed by atoms with van der Waals surface area (Å²) in [5.74, 6) is -1.47. The van der Waals surface area contributed by atoms with Crippen molar-refractivity contribution < 1.29 is 9.90 Å². The van der Waals surface area contributed by atoms with Crippen molar-refractivity contribution in [3.63, 3.8) is 0 Å². The number of rotatable bonds is 1. The summed E-state index contributed by atoms with van der Waals surface area (Å²) in [5.41, 5.74) is 0. The second-order valence-electron chi connectivity index (χ2n) is 1.49. The molecule has 0 unspecified atom stereocenters. The molecular formula is C4H8N4O2. The number of carboxylic acid groups (broad SMARTS) is 1. The van der Waals surface area contributed by atoms with Gasteiger partial charge in [-0.3, -0.25) is 0 Å². The molecule has 0 saturated carbocycles. The lowest BCUT2D eigenvalue weighted by Crippen LogP contribution is -2.26. The minimum absolute atomic E-state index is 0. The van der Waals surface area contributed by atoms with Crippen LogP contribution in [0.25, 0.3) is 0 Å². The molecule has 0 spiro atoms. The summed E-state index contributed by atoms with van der Waals surface area (Å²) in [6, 6.07) is 0. The predicted octanol–water partition coefficient (Wildman–Crippen LogP) is -1.45. The highest BCUT2D eigenvalue weighted by Gasteiger charge is 1.97. The number of quaternary nitrogens is 1. The van der Waals surface area contributed by atoms with Gasteiger partial charge in [0.25, 0.3) is 0 Å². The number of aryl methyl sites for hydroxylation is 1. The Morgan fingerprint density at radius 1 is 1.80 bits per heavy atom. The highest BCUT2D eigenvalue weighted by atomic mass is 16.4. The van der Waals surface area contributed by atoms with Crippen molar-refractivity contribution in [2.24, 2.45) is 7.05 Å². The van der Waals surface area contributed by atoms with E-state index >= 15 is 0 Å². The Balaban J connectivity index is 0.000000810. The zero-order chi connectivity index (χ0) is 6.85. The van der Waals surface area contributed by atoms with E-state index in [0.717, 1.165) is 11.0 Å². The lowest BCUT2D eigenvalue weighted by atomic mass is 10.6. The lowest BCUT2D eigenvalue weighted by molar-refractivity contribution is -0.256. The van der Waals surface area contributed by atoms with Crippen LogP contribution in [-0.4, -0.2) is 20.7 Å². The zero-order valence-electron chi connectivity index (χ0n) is 5.74. The summed E-state index contributed by atoms with van der Waals surface area (Å²) < 4.78 is 1.13. The summed E-state index contributed by atoms with van der Waals surface area (Å²) >= 11 is 0.